The van der Waals surface area contributed by atoms with Crippen molar-refractivity contribution < 1.29 is 18.1 Å². The molecule has 8 nitrogen and oxygen atoms in total. The quantitative estimate of drug-likeness (QED) is 0.445. The van der Waals surface area contributed by atoms with E-state index in [1.54, 1.807) is 24.3 Å². The summed E-state index contributed by atoms with van der Waals surface area (Å²) in [6.07, 6.45) is 0. The summed E-state index contributed by atoms with van der Waals surface area (Å²) in [5, 5.41) is 13.8. The Balaban J connectivity index is 1.78. The van der Waals surface area contributed by atoms with Crippen molar-refractivity contribution in [1.82, 2.24) is 0 Å². The number of non-ortho nitro benzene ring substituents is 1. The maximum atomic E-state index is 12.5. The smallest absolute Gasteiger partial charge is 0.269 e. The predicted octanol–water partition coefficient (Wildman–Crippen LogP) is 4.30. The Morgan fingerprint density at radius 3 is 2.24 bits per heavy atom. The van der Waals surface area contributed by atoms with Gasteiger partial charge in [0.1, 0.15) is 0 Å². The highest BCUT2D eigenvalue weighted by molar-refractivity contribution is 7.92. The molecule has 0 saturated heterocycles. The van der Waals surface area contributed by atoms with Crippen molar-refractivity contribution >= 4 is 44.6 Å². The van der Waals surface area contributed by atoms with Gasteiger partial charge in [-0.05, 0) is 48.5 Å². The number of carbonyl (C=O) groups is 1. The van der Waals surface area contributed by atoms with Crippen LogP contribution in [0.25, 0.3) is 0 Å². The standard InChI is InChI=1S/C19H14ClN3O5S/c20-14-4-2-5-15(12-14)21-19(24)13-3-1-6-16(11-13)22-29(27,28)18-9-7-17(8-10-18)23(25)26/h1-12,22H,(H,21,24). The summed E-state index contributed by atoms with van der Waals surface area (Å²) in [5.41, 5.74) is 0.680. The zero-order chi connectivity index (χ0) is 21.0. The number of anilines is 2. The fourth-order valence-corrected chi connectivity index (χ4v) is 3.69. The maximum absolute atomic E-state index is 12.5. The van der Waals surface area contributed by atoms with Gasteiger partial charge in [-0.25, -0.2) is 8.42 Å². The highest BCUT2D eigenvalue weighted by atomic mass is 35.5. The van der Waals surface area contributed by atoms with Gasteiger partial charge in [0, 0.05) is 34.1 Å². The number of carbonyl (C=O) groups excluding carboxylic acids is 1. The largest absolute Gasteiger partial charge is 0.322 e. The van der Waals surface area contributed by atoms with Gasteiger partial charge < -0.3 is 5.32 Å². The third kappa shape index (κ3) is 5.09. The summed E-state index contributed by atoms with van der Waals surface area (Å²) in [4.78, 5) is 22.4. The van der Waals surface area contributed by atoms with Crippen LogP contribution in [0.1, 0.15) is 10.4 Å². The van der Waals surface area contributed by atoms with Crippen molar-refractivity contribution in [1.29, 1.82) is 0 Å². The summed E-state index contributed by atoms with van der Waals surface area (Å²) in [6, 6.07) is 17.0. The number of halogens is 1. The number of rotatable bonds is 6. The van der Waals surface area contributed by atoms with Gasteiger partial charge in [-0.3, -0.25) is 19.6 Å². The molecule has 0 saturated carbocycles. The number of nitro groups is 1. The lowest BCUT2D eigenvalue weighted by Gasteiger charge is -2.10. The number of nitrogens with one attached hydrogen (secondary N) is 2. The molecule has 0 unspecified atom stereocenters. The molecular weight excluding hydrogens is 418 g/mol. The van der Waals surface area contributed by atoms with Crippen LogP contribution < -0.4 is 10.0 Å². The van der Waals surface area contributed by atoms with Gasteiger partial charge in [0.2, 0.25) is 0 Å². The third-order valence-electron chi connectivity index (χ3n) is 3.82. The SMILES string of the molecule is O=C(Nc1cccc(Cl)c1)c1cccc(NS(=O)(=O)c2ccc([N+](=O)[O-])cc2)c1. The summed E-state index contributed by atoms with van der Waals surface area (Å²) >= 11 is 5.89. The minimum atomic E-state index is -3.98. The molecule has 2 N–H and O–H groups in total. The van der Waals surface area contributed by atoms with E-state index in [1.807, 2.05) is 0 Å². The Hall–Kier alpha value is -3.43. The van der Waals surface area contributed by atoms with Crippen molar-refractivity contribution in [2.45, 2.75) is 4.90 Å². The molecule has 1 amide bonds. The lowest BCUT2D eigenvalue weighted by Crippen LogP contribution is -2.15. The molecular formula is C19H14ClN3O5S. The molecule has 148 valence electrons. The van der Waals surface area contributed by atoms with Crippen LogP contribution in [0.2, 0.25) is 5.02 Å². The molecule has 0 aliphatic heterocycles. The fourth-order valence-electron chi connectivity index (χ4n) is 2.45. The molecule has 3 rings (SSSR count). The maximum Gasteiger partial charge on any atom is 0.269 e. The van der Waals surface area contributed by atoms with E-state index < -0.39 is 20.9 Å². The topological polar surface area (TPSA) is 118 Å². The van der Waals surface area contributed by atoms with Crippen molar-refractivity contribution in [2.75, 3.05) is 10.0 Å². The van der Waals surface area contributed by atoms with Gasteiger partial charge in [0.25, 0.3) is 21.6 Å². The van der Waals surface area contributed by atoms with E-state index in [2.05, 4.69) is 10.0 Å². The molecule has 10 heteroatoms. The molecule has 0 heterocycles. The van der Waals surface area contributed by atoms with Gasteiger partial charge in [0.15, 0.2) is 0 Å². The van der Waals surface area contributed by atoms with E-state index in [-0.39, 0.29) is 21.8 Å². The first-order valence-corrected chi connectivity index (χ1v) is 10.0. The number of sulfonamides is 1. The summed E-state index contributed by atoms with van der Waals surface area (Å²) in [5.74, 6) is -0.441. The van der Waals surface area contributed by atoms with Crippen LogP contribution in [0.3, 0.4) is 0 Å². The number of nitro benzene ring substituents is 1. The van der Waals surface area contributed by atoms with Crippen LogP contribution in [-0.2, 0) is 10.0 Å². The molecule has 0 bridgehead atoms. The molecule has 3 aromatic carbocycles. The van der Waals surface area contributed by atoms with Crippen molar-refractivity contribution in [3.8, 4) is 0 Å². The molecule has 0 aliphatic rings. The molecule has 0 aliphatic carbocycles. The zero-order valence-electron chi connectivity index (χ0n) is 14.7. The molecule has 3 aromatic rings. The number of benzene rings is 3. The number of amides is 1. The van der Waals surface area contributed by atoms with Crippen LogP contribution in [-0.4, -0.2) is 19.2 Å². The highest BCUT2D eigenvalue weighted by Gasteiger charge is 2.17. The Kier molecular flexibility index (Phi) is 5.81. The van der Waals surface area contributed by atoms with Crippen LogP contribution in [0.15, 0.2) is 77.7 Å². The second-order valence-corrected chi connectivity index (χ2v) is 8.02. The van der Waals surface area contributed by atoms with E-state index in [9.17, 15) is 23.3 Å². The average molecular weight is 432 g/mol. The van der Waals surface area contributed by atoms with Crippen LogP contribution >= 0.6 is 11.6 Å². The fraction of sp³-hybridized carbons (Fsp3) is 0. The average Bonchev–Trinajstić information content (AvgIpc) is 2.68. The first-order valence-electron chi connectivity index (χ1n) is 8.19. The Labute approximate surface area is 171 Å². The monoisotopic (exact) mass is 431 g/mol. The number of hydrogen-bond donors (Lipinski definition) is 2. The highest BCUT2D eigenvalue weighted by Crippen LogP contribution is 2.21. The van der Waals surface area contributed by atoms with E-state index in [0.717, 1.165) is 24.3 Å². The zero-order valence-corrected chi connectivity index (χ0v) is 16.3. The van der Waals surface area contributed by atoms with Gasteiger partial charge >= 0.3 is 0 Å². The Morgan fingerprint density at radius 1 is 0.931 bits per heavy atom. The van der Waals surface area contributed by atoms with Gasteiger partial charge in [-0.2, -0.15) is 0 Å². The van der Waals surface area contributed by atoms with Gasteiger partial charge in [-0.15, -0.1) is 0 Å². The third-order valence-corrected chi connectivity index (χ3v) is 5.45. The molecule has 0 fully saturated rings. The predicted molar refractivity (Wildman–Crippen MR) is 110 cm³/mol. The lowest BCUT2D eigenvalue weighted by molar-refractivity contribution is -0.384. The van der Waals surface area contributed by atoms with E-state index in [0.29, 0.717) is 10.7 Å². The van der Waals surface area contributed by atoms with Crippen LogP contribution in [0.5, 0.6) is 0 Å². The first kappa shape index (κ1) is 20.3. The molecule has 0 spiro atoms. The molecule has 0 radical (unpaired) electrons. The minimum Gasteiger partial charge on any atom is -0.322 e. The normalized spacial score (nSPS) is 10.9. The first-order chi connectivity index (χ1) is 13.7. The minimum absolute atomic E-state index is 0.142. The summed E-state index contributed by atoms with van der Waals surface area (Å²) < 4.78 is 27.3. The Morgan fingerprint density at radius 2 is 1.59 bits per heavy atom. The molecule has 0 atom stereocenters. The summed E-state index contributed by atoms with van der Waals surface area (Å²) in [7, 11) is -3.98. The van der Waals surface area contributed by atoms with Crippen LogP contribution in [0.4, 0.5) is 17.1 Å². The van der Waals surface area contributed by atoms with Crippen molar-refractivity contribution in [3.05, 3.63) is 93.5 Å². The number of hydrogen-bond acceptors (Lipinski definition) is 5. The molecule has 0 aromatic heterocycles. The van der Waals surface area contributed by atoms with Crippen molar-refractivity contribution in [3.63, 3.8) is 0 Å². The second-order valence-electron chi connectivity index (χ2n) is 5.90. The van der Waals surface area contributed by atoms with Crippen LogP contribution in [0, 0.1) is 10.1 Å². The summed E-state index contributed by atoms with van der Waals surface area (Å²) in [6.45, 7) is 0. The van der Waals surface area contributed by atoms with Gasteiger partial charge in [-0.1, -0.05) is 23.7 Å². The Bertz CT molecular complexity index is 1180. The lowest BCUT2D eigenvalue weighted by atomic mass is 10.2. The van der Waals surface area contributed by atoms with E-state index >= 15 is 0 Å². The van der Waals surface area contributed by atoms with E-state index in [1.165, 1.54) is 24.3 Å². The van der Waals surface area contributed by atoms with Crippen molar-refractivity contribution in [2.24, 2.45) is 0 Å². The van der Waals surface area contributed by atoms with E-state index in [4.69, 9.17) is 11.6 Å². The molecule has 29 heavy (non-hydrogen) atoms. The second kappa shape index (κ2) is 8.29. The van der Waals surface area contributed by atoms with Gasteiger partial charge in [0.05, 0.1) is 9.82 Å². The number of nitrogens with zero attached hydrogens (tertiary/aromatic N) is 1.